The highest BCUT2D eigenvalue weighted by molar-refractivity contribution is 5.65. The van der Waals surface area contributed by atoms with Crippen molar-refractivity contribution in [3.8, 4) is 11.5 Å². The number of piperidine rings is 1. The number of fused-ring (bicyclic) bond motifs is 1. The molecule has 1 N–H and O–H groups in total. The van der Waals surface area contributed by atoms with Crippen LogP contribution < -0.4 is 14.4 Å². The number of carbonyl (C=O) groups is 1. The predicted molar refractivity (Wildman–Crippen MR) is 166 cm³/mol. The lowest BCUT2D eigenvalue weighted by atomic mass is 9.84. The maximum Gasteiger partial charge on any atom is 0.407 e. The van der Waals surface area contributed by atoms with Crippen molar-refractivity contribution in [2.24, 2.45) is 0 Å². The minimum atomic E-state index is -0.986. The highest BCUT2D eigenvalue weighted by Crippen LogP contribution is 2.36. The quantitative estimate of drug-likeness (QED) is 0.242. The van der Waals surface area contributed by atoms with Crippen molar-refractivity contribution < 1.29 is 43.1 Å². The molecule has 4 rings (SSSR count). The Morgan fingerprint density at radius 3 is 2.25 bits per heavy atom. The van der Waals surface area contributed by atoms with E-state index in [1.54, 1.807) is 21.3 Å². The van der Waals surface area contributed by atoms with Crippen molar-refractivity contribution in [1.29, 1.82) is 0 Å². The van der Waals surface area contributed by atoms with Crippen molar-refractivity contribution >= 4 is 11.8 Å². The molecule has 1 fully saturated rings. The molecule has 2 aromatic carbocycles. The second-order valence-electron chi connectivity index (χ2n) is 11.1. The molecule has 0 aromatic heterocycles. The van der Waals surface area contributed by atoms with E-state index in [9.17, 15) is 9.90 Å². The Bertz CT molecular complexity index is 1130. The molecule has 11 heteroatoms. The Kier molecular flexibility index (Phi) is 13.8. The van der Waals surface area contributed by atoms with Gasteiger partial charge in [-0.2, -0.15) is 0 Å². The maximum absolute atomic E-state index is 12.2. The number of benzene rings is 2. The molecule has 0 bridgehead atoms. The molecule has 2 heterocycles. The first kappa shape index (κ1) is 33.8. The van der Waals surface area contributed by atoms with Gasteiger partial charge in [-0.3, -0.25) is 0 Å². The molecular weight excluding hydrogens is 568 g/mol. The molecule has 0 spiro atoms. The molecule has 0 saturated carbocycles. The molecule has 3 atom stereocenters. The normalized spacial score (nSPS) is 19.8. The zero-order valence-electron chi connectivity index (χ0n) is 26.3. The first-order chi connectivity index (χ1) is 21.5. The van der Waals surface area contributed by atoms with E-state index in [0.29, 0.717) is 52.7 Å². The van der Waals surface area contributed by atoms with Crippen LogP contribution in [-0.4, -0.2) is 115 Å². The number of likely N-dealkylation sites (tertiary alicyclic amines) is 1. The molecule has 2 aliphatic rings. The molecule has 2 aliphatic heterocycles. The van der Waals surface area contributed by atoms with E-state index in [-0.39, 0.29) is 25.1 Å². The zero-order valence-corrected chi connectivity index (χ0v) is 26.3. The van der Waals surface area contributed by atoms with Gasteiger partial charge in [-0.05, 0) is 48.2 Å². The minimum absolute atomic E-state index is 0.179. The summed E-state index contributed by atoms with van der Waals surface area (Å²) in [5.41, 5.74) is 3.06. The Morgan fingerprint density at radius 1 is 0.864 bits per heavy atom. The molecule has 0 radical (unpaired) electrons. The second-order valence-corrected chi connectivity index (χ2v) is 11.1. The summed E-state index contributed by atoms with van der Waals surface area (Å²) >= 11 is 0. The zero-order chi connectivity index (χ0) is 31.1. The van der Waals surface area contributed by atoms with Gasteiger partial charge < -0.3 is 48.1 Å². The molecule has 44 heavy (non-hydrogen) atoms. The van der Waals surface area contributed by atoms with Crippen LogP contribution in [0.2, 0.25) is 0 Å². The third-order valence-corrected chi connectivity index (χ3v) is 7.95. The summed E-state index contributed by atoms with van der Waals surface area (Å²) in [6.07, 6.45) is 0.645. The third kappa shape index (κ3) is 9.70. The van der Waals surface area contributed by atoms with E-state index in [0.717, 1.165) is 54.2 Å². The van der Waals surface area contributed by atoms with E-state index < -0.39 is 12.2 Å². The van der Waals surface area contributed by atoms with Gasteiger partial charge in [-0.25, -0.2) is 4.79 Å². The Balaban J connectivity index is 1.53. The lowest BCUT2D eigenvalue weighted by Gasteiger charge is -2.42. The largest absolute Gasteiger partial charge is 0.494 e. The number of ether oxygens (including phenoxy) is 7. The van der Waals surface area contributed by atoms with E-state index in [1.165, 1.54) is 4.90 Å². The monoisotopic (exact) mass is 616 g/mol. The van der Waals surface area contributed by atoms with Gasteiger partial charge in [0.1, 0.15) is 18.1 Å². The molecule has 2 aromatic rings. The Labute approximate surface area is 260 Å². The first-order valence-electron chi connectivity index (χ1n) is 15.4. The van der Waals surface area contributed by atoms with Crippen LogP contribution >= 0.6 is 0 Å². The van der Waals surface area contributed by atoms with Crippen LogP contribution in [-0.2, 0) is 30.3 Å². The average Bonchev–Trinajstić information content (AvgIpc) is 3.04. The van der Waals surface area contributed by atoms with Gasteiger partial charge in [0.2, 0.25) is 0 Å². The van der Waals surface area contributed by atoms with Crippen LogP contribution in [0.25, 0.3) is 0 Å². The highest BCUT2D eigenvalue weighted by atomic mass is 16.5. The molecule has 244 valence electrons. The summed E-state index contributed by atoms with van der Waals surface area (Å²) < 4.78 is 40.3. The molecule has 11 nitrogen and oxygen atoms in total. The number of hydrogen-bond donors (Lipinski definition) is 1. The topological polar surface area (TPSA) is 108 Å². The van der Waals surface area contributed by atoms with E-state index in [1.807, 2.05) is 36.4 Å². The second kappa shape index (κ2) is 18.0. The number of rotatable bonds is 18. The number of nitrogens with zero attached hydrogens (tertiary/aromatic N) is 2. The van der Waals surface area contributed by atoms with Crippen molar-refractivity contribution in [3.63, 3.8) is 0 Å². The average molecular weight is 617 g/mol. The smallest absolute Gasteiger partial charge is 0.407 e. The lowest BCUT2D eigenvalue weighted by Crippen LogP contribution is -2.54. The fourth-order valence-electron chi connectivity index (χ4n) is 5.73. The fraction of sp³-hybridized carbons (Fsp3) is 0.606. The van der Waals surface area contributed by atoms with Crippen LogP contribution in [0, 0.1) is 0 Å². The van der Waals surface area contributed by atoms with Crippen LogP contribution in [0.5, 0.6) is 11.5 Å². The predicted octanol–water partition coefficient (Wildman–Crippen LogP) is 4.42. The highest BCUT2D eigenvalue weighted by Gasteiger charge is 2.41. The molecule has 1 saturated heterocycles. The number of amides is 1. The van der Waals surface area contributed by atoms with Crippen molar-refractivity contribution in [1.82, 2.24) is 4.90 Å². The number of anilines is 1. The lowest BCUT2D eigenvalue weighted by molar-refractivity contribution is -0.0909. The van der Waals surface area contributed by atoms with Crippen molar-refractivity contribution in [3.05, 3.63) is 53.6 Å². The summed E-state index contributed by atoms with van der Waals surface area (Å²) in [6, 6.07) is 14.1. The molecule has 0 unspecified atom stereocenters. The number of carboxylic acid groups (broad SMARTS) is 1. The first-order valence-corrected chi connectivity index (χ1v) is 15.4. The number of methoxy groups -OCH3 is 3. The van der Waals surface area contributed by atoms with Gasteiger partial charge >= 0.3 is 6.09 Å². The SMILES string of the molecule is COCCCOc1ccc([C@@H]2[C@@H](OCc3ccc4c(c3)N(CCCOC)CCO4)CN(C(=O)O)C[C@H]2OCCCOC)cc1. The molecule has 0 aliphatic carbocycles. The van der Waals surface area contributed by atoms with Gasteiger partial charge in [-0.1, -0.05) is 18.2 Å². The summed E-state index contributed by atoms with van der Waals surface area (Å²) in [4.78, 5) is 15.9. The maximum atomic E-state index is 12.2. The summed E-state index contributed by atoms with van der Waals surface area (Å²) in [7, 11) is 5.05. The fourth-order valence-corrected chi connectivity index (χ4v) is 5.73. The van der Waals surface area contributed by atoms with E-state index >= 15 is 0 Å². The van der Waals surface area contributed by atoms with E-state index in [2.05, 4.69) is 11.0 Å². The Hall–Kier alpha value is -3.09. The summed E-state index contributed by atoms with van der Waals surface area (Å²) in [6.45, 7) is 6.10. The van der Waals surface area contributed by atoms with Gasteiger partial charge in [0.25, 0.3) is 0 Å². The van der Waals surface area contributed by atoms with Gasteiger partial charge in [-0.15, -0.1) is 0 Å². The summed E-state index contributed by atoms with van der Waals surface area (Å²) in [5.74, 6) is 1.45. The standard InChI is InChI=1S/C33H48N2O9/c1-38-15-4-13-34-14-20-43-29-12-7-25(21-28(29)34)24-44-31-23-35(33(36)37)22-30(42-19-6-17-40-3)32(31)26-8-10-27(11-9-26)41-18-5-16-39-2/h7-12,21,30-32H,4-6,13-20,22-24H2,1-3H3,(H,36,37)/t30-,31+,32+/m1/s1. The van der Waals surface area contributed by atoms with Crippen LogP contribution in [0.1, 0.15) is 36.3 Å². The van der Waals surface area contributed by atoms with Gasteiger partial charge in [0, 0.05) is 66.6 Å². The van der Waals surface area contributed by atoms with Gasteiger partial charge in [0.15, 0.2) is 0 Å². The van der Waals surface area contributed by atoms with Crippen LogP contribution in [0.4, 0.5) is 10.5 Å². The Morgan fingerprint density at radius 2 is 1.55 bits per heavy atom. The van der Waals surface area contributed by atoms with Gasteiger partial charge in [0.05, 0.1) is 50.7 Å². The molecular formula is C33H48N2O9. The van der Waals surface area contributed by atoms with Crippen LogP contribution in [0.15, 0.2) is 42.5 Å². The molecule has 1 amide bonds. The third-order valence-electron chi connectivity index (χ3n) is 7.95. The van der Waals surface area contributed by atoms with E-state index in [4.69, 9.17) is 33.2 Å². The summed E-state index contributed by atoms with van der Waals surface area (Å²) in [5, 5.41) is 9.97. The number of hydrogen-bond acceptors (Lipinski definition) is 9. The van der Waals surface area contributed by atoms with Crippen molar-refractivity contribution in [2.75, 3.05) is 92.0 Å². The minimum Gasteiger partial charge on any atom is -0.494 e. The van der Waals surface area contributed by atoms with Crippen LogP contribution in [0.3, 0.4) is 0 Å². The van der Waals surface area contributed by atoms with Crippen molar-refractivity contribution in [2.45, 2.75) is 44.0 Å².